The van der Waals surface area contributed by atoms with Crippen molar-refractivity contribution in [2.75, 3.05) is 12.0 Å². The maximum atomic E-state index is 3.57. The van der Waals surface area contributed by atoms with E-state index in [0.717, 1.165) is 12.3 Å². The number of hydrogen-bond donors (Lipinski definition) is 1. The van der Waals surface area contributed by atoms with E-state index in [1.54, 1.807) is 0 Å². The van der Waals surface area contributed by atoms with E-state index in [1.165, 1.54) is 16.5 Å². The molecule has 1 unspecified atom stereocenters. The lowest BCUT2D eigenvalue weighted by Gasteiger charge is -2.11. The summed E-state index contributed by atoms with van der Waals surface area (Å²) in [6.45, 7) is 3.19. The molecule has 0 aliphatic carbocycles. The molecule has 2 rings (SSSR count). The van der Waals surface area contributed by atoms with Crippen molar-refractivity contribution in [1.29, 1.82) is 0 Å². The predicted molar refractivity (Wildman–Crippen MR) is 77.6 cm³/mol. The van der Waals surface area contributed by atoms with E-state index in [4.69, 9.17) is 0 Å². The minimum absolute atomic E-state index is 0.559. The molecule has 0 aliphatic heterocycles. The fourth-order valence-electron chi connectivity index (χ4n) is 2.16. The maximum Gasteiger partial charge on any atom is 0.0481 e. The van der Waals surface area contributed by atoms with Gasteiger partial charge in [-0.1, -0.05) is 18.2 Å². The van der Waals surface area contributed by atoms with Gasteiger partial charge in [0.2, 0.25) is 0 Å². The number of thioether (sulfide) groups is 1. The van der Waals surface area contributed by atoms with Crippen LogP contribution in [-0.2, 0) is 13.6 Å². The Balaban J connectivity index is 2.13. The van der Waals surface area contributed by atoms with Crippen molar-refractivity contribution in [3.05, 3.63) is 36.0 Å². The van der Waals surface area contributed by atoms with Gasteiger partial charge in [-0.05, 0) is 24.8 Å². The van der Waals surface area contributed by atoms with Gasteiger partial charge in [-0.25, -0.2) is 0 Å². The van der Waals surface area contributed by atoms with Gasteiger partial charge in [0.15, 0.2) is 0 Å². The van der Waals surface area contributed by atoms with Crippen molar-refractivity contribution in [1.82, 2.24) is 9.88 Å². The highest BCUT2D eigenvalue weighted by Gasteiger charge is 2.06. The van der Waals surface area contributed by atoms with Gasteiger partial charge in [0, 0.05) is 42.5 Å². The van der Waals surface area contributed by atoms with E-state index in [9.17, 15) is 0 Å². The lowest BCUT2D eigenvalue weighted by Crippen LogP contribution is -2.27. The second-order valence-electron chi connectivity index (χ2n) is 4.52. The van der Waals surface area contributed by atoms with Crippen LogP contribution in [0.2, 0.25) is 0 Å². The van der Waals surface area contributed by atoms with E-state index in [0.29, 0.717) is 6.04 Å². The van der Waals surface area contributed by atoms with Crippen LogP contribution in [0, 0.1) is 0 Å². The molecule has 0 saturated heterocycles. The smallest absolute Gasteiger partial charge is 0.0481 e. The third-order valence-electron chi connectivity index (χ3n) is 3.04. The Labute approximate surface area is 107 Å². The molecule has 0 spiro atoms. The van der Waals surface area contributed by atoms with Crippen LogP contribution in [0.1, 0.15) is 12.5 Å². The number of nitrogens with zero attached hydrogens (tertiary/aromatic N) is 1. The summed E-state index contributed by atoms with van der Waals surface area (Å²) in [6.07, 6.45) is 4.37. The summed E-state index contributed by atoms with van der Waals surface area (Å²) in [4.78, 5) is 0. The molecule has 17 heavy (non-hydrogen) atoms. The molecule has 1 aromatic heterocycles. The summed E-state index contributed by atoms with van der Waals surface area (Å²) in [6, 6.07) is 9.13. The number of para-hydroxylation sites is 1. The fraction of sp³-hybridized carbons (Fsp3) is 0.429. The average Bonchev–Trinajstić information content (AvgIpc) is 2.65. The minimum atomic E-state index is 0.559. The third kappa shape index (κ3) is 2.85. The molecule has 1 atom stereocenters. The van der Waals surface area contributed by atoms with Gasteiger partial charge in [-0.15, -0.1) is 0 Å². The SMILES string of the molecule is CSCC(C)NCc1cn(C)c2ccccc12. The number of aryl methyl sites for hydroxylation is 1. The lowest BCUT2D eigenvalue weighted by atomic mass is 10.2. The normalized spacial score (nSPS) is 13.1. The molecule has 92 valence electrons. The van der Waals surface area contributed by atoms with E-state index in [-0.39, 0.29) is 0 Å². The van der Waals surface area contributed by atoms with Gasteiger partial charge in [0.1, 0.15) is 0 Å². The topological polar surface area (TPSA) is 17.0 Å². The highest BCUT2D eigenvalue weighted by atomic mass is 32.2. The van der Waals surface area contributed by atoms with Crippen molar-refractivity contribution in [3.63, 3.8) is 0 Å². The molecule has 0 fully saturated rings. The summed E-state index contributed by atoms with van der Waals surface area (Å²) in [5.74, 6) is 1.16. The second-order valence-corrected chi connectivity index (χ2v) is 5.43. The minimum Gasteiger partial charge on any atom is -0.350 e. The van der Waals surface area contributed by atoms with E-state index >= 15 is 0 Å². The van der Waals surface area contributed by atoms with Gasteiger partial charge in [-0.2, -0.15) is 11.8 Å². The van der Waals surface area contributed by atoms with Crippen molar-refractivity contribution < 1.29 is 0 Å². The number of aromatic nitrogens is 1. The molecular formula is C14H20N2S. The van der Waals surface area contributed by atoms with Crippen molar-refractivity contribution >= 4 is 22.7 Å². The molecule has 1 N–H and O–H groups in total. The zero-order chi connectivity index (χ0) is 12.3. The Bertz CT molecular complexity index is 490. The molecule has 0 aliphatic rings. The molecular weight excluding hydrogens is 228 g/mol. The molecule has 0 amide bonds. The van der Waals surface area contributed by atoms with Gasteiger partial charge >= 0.3 is 0 Å². The number of benzene rings is 1. The average molecular weight is 248 g/mol. The van der Waals surface area contributed by atoms with Crippen LogP contribution in [0.3, 0.4) is 0 Å². The molecule has 0 radical (unpaired) electrons. The summed E-state index contributed by atoms with van der Waals surface area (Å²) in [7, 11) is 2.11. The van der Waals surface area contributed by atoms with Gasteiger partial charge in [-0.3, -0.25) is 0 Å². The summed E-state index contributed by atoms with van der Waals surface area (Å²) in [5.41, 5.74) is 2.69. The van der Waals surface area contributed by atoms with Crippen LogP contribution in [0.15, 0.2) is 30.5 Å². The van der Waals surface area contributed by atoms with Crippen LogP contribution < -0.4 is 5.32 Å². The van der Waals surface area contributed by atoms with E-state index in [2.05, 4.69) is 60.6 Å². The predicted octanol–water partition coefficient (Wildman–Crippen LogP) is 3.02. The number of hydrogen-bond acceptors (Lipinski definition) is 2. The largest absolute Gasteiger partial charge is 0.350 e. The summed E-state index contributed by atoms with van der Waals surface area (Å²) in [5, 5.41) is 4.93. The second kappa shape index (κ2) is 5.61. The molecule has 2 aromatic rings. The third-order valence-corrected chi connectivity index (χ3v) is 3.87. The molecule has 0 saturated carbocycles. The molecule has 3 heteroatoms. The van der Waals surface area contributed by atoms with Crippen molar-refractivity contribution in [2.45, 2.75) is 19.5 Å². The first-order valence-electron chi connectivity index (χ1n) is 5.97. The molecule has 2 nitrogen and oxygen atoms in total. The Morgan fingerprint density at radius 1 is 1.35 bits per heavy atom. The molecule has 0 bridgehead atoms. The van der Waals surface area contributed by atoms with Crippen LogP contribution in [0.4, 0.5) is 0 Å². The Hall–Kier alpha value is -0.930. The Morgan fingerprint density at radius 2 is 2.12 bits per heavy atom. The zero-order valence-electron chi connectivity index (χ0n) is 10.7. The maximum absolute atomic E-state index is 3.57. The van der Waals surface area contributed by atoms with Crippen LogP contribution in [-0.4, -0.2) is 22.6 Å². The Kier molecular flexibility index (Phi) is 4.13. The van der Waals surface area contributed by atoms with Crippen molar-refractivity contribution in [3.8, 4) is 0 Å². The van der Waals surface area contributed by atoms with E-state index in [1.807, 2.05) is 11.8 Å². The zero-order valence-corrected chi connectivity index (χ0v) is 11.6. The first kappa shape index (κ1) is 12.5. The highest BCUT2D eigenvalue weighted by molar-refractivity contribution is 7.98. The van der Waals surface area contributed by atoms with Crippen molar-refractivity contribution in [2.24, 2.45) is 7.05 Å². The Morgan fingerprint density at radius 3 is 2.88 bits per heavy atom. The first-order chi connectivity index (χ1) is 8.22. The number of fused-ring (bicyclic) bond motifs is 1. The summed E-state index contributed by atoms with van der Waals surface area (Å²) < 4.78 is 2.20. The molecule has 1 heterocycles. The van der Waals surface area contributed by atoms with Gasteiger partial charge in [0.05, 0.1) is 0 Å². The standard InChI is InChI=1S/C14H20N2S/c1-11(10-17-3)15-8-12-9-16(2)14-7-5-4-6-13(12)14/h4-7,9,11,15H,8,10H2,1-3H3. The van der Waals surface area contributed by atoms with Crippen LogP contribution in [0.5, 0.6) is 0 Å². The fourth-order valence-corrected chi connectivity index (χ4v) is 2.78. The first-order valence-corrected chi connectivity index (χ1v) is 7.37. The summed E-state index contributed by atoms with van der Waals surface area (Å²) >= 11 is 1.89. The van der Waals surface area contributed by atoms with Crippen LogP contribution >= 0.6 is 11.8 Å². The molecule has 1 aromatic carbocycles. The number of nitrogens with one attached hydrogen (secondary N) is 1. The quantitative estimate of drug-likeness (QED) is 0.876. The number of rotatable bonds is 5. The van der Waals surface area contributed by atoms with Gasteiger partial charge in [0.25, 0.3) is 0 Å². The van der Waals surface area contributed by atoms with E-state index < -0.39 is 0 Å². The van der Waals surface area contributed by atoms with Gasteiger partial charge < -0.3 is 9.88 Å². The lowest BCUT2D eigenvalue weighted by molar-refractivity contribution is 0.597. The highest BCUT2D eigenvalue weighted by Crippen LogP contribution is 2.20. The van der Waals surface area contributed by atoms with Crippen LogP contribution in [0.25, 0.3) is 10.9 Å². The monoisotopic (exact) mass is 248 g/mol.